The Labute approximate surface area is 254 Å². The molecule has 0 aliphatic carbocycles. The molecule has 0 radical (unpaired) electrons. The summed E-state index contributed by atoms with van der Waals surface area (Å²) in [6.07, 6.45) is -1.59. The quantitative estimate of drug-likeness (QED) is 0.281. The minimum Gasteiger partial charge on any atom is -0.474 e. The van der Waals surface area contributed by atoms with Crippen LogP contribution in [0.25, 0.3) is 11.0 Å². The maximum Gasteiger partial charge on any atom is 0.417 e. The highest BCUT2D eigenvalue weighted by Crippen LogP contribution is 2.29. The Balaban J connectivity index is 1.15. The van der Waals surface area contributed by atoms with Crippen LogP contribution in [0.2, 0.25) is 5.02 Å². The van der Waals surface area contributed by atoms with E-state index in [0.29, 0.717) is 53.8 Å². The van der Waals surface area contributed by atoms with Gasteiger partial charge in [0.2, 0.25) is 17.7 Å². The molecule has 2 N–H and O–H groups in total. The largest absolute Gasteiger partial charge is 0.474 e. The topological polar surface area (TPSA) is 127 Å². The fourth-order valence-corrected chi connectivity index (χ4v) is 4.88. The lowest BCUT2D eigenvalue weighted by molar-refractivity contribution is -0.137. The predicted octanol–water partition coefficient (Wildman–Crippen LogP) is 4.42. The molecule has 1 atom stereocenters. The first-order valence-corrected chi connectivity index (χ1v) is 14.1. The third-order valence-electron chi connectivity index (χ3n) is 7.02. The number of likely N-dealkylation sites (tertiary alicyclic amines) is 1. The van der Waals surface area contributed by atoms with Crippen molar-refractivity contribution in [3.8, 4) is 5.88 Å². The molecular formula is C30H27ClF3N5O5. The minimum atomic E-state index is -4.49. The average molecular weight is 630 g/mol. The van der Waals surface area contributed by atoms with Gasteiger partial charge in [-0.3, -0.25) is 19.4 Å². The van der Waals surface area contributed by atoms with Gasteiger partial charge in [0.1, 0.15) is 17.7 Å². The summed E-state index contributed by atoms with van der Waals surface area (Å²) in [4.78, 5) is 48.6. The maximum absolute atomic E-state index is 13.2. The lowest BCUT2D eigenvalue weighted by atomic mass is 10.1. The molecule has 1 aromatic carbocycles. The van der Waals surface area contributed by atoms with Crippen LogP contribution in [0.15, 0.2) is 71.4 Å². The molecule has 4 heterocycles. The first kappa shape index (κ1) is 30.8. The summed E-state index contributed by atoms with van der Waals surface area (Å²) in [5.41, 5.74) is 0.148. The van der Waals surface area contributed by atoms with E-state index in [1.165, 1.54) is 12.1 Å². The Morgan fingerprint density at radius 1 is 1.07 bits per heavy atom. The second-order valence-corrected chi connectivity index (χ2v) is 10.6. The van der Waals surface area contributed by atoms with Crippen LogP contribution in [0.5, 0.6) is 5.88 Å². The maximum atomic E-state index is 13.2. The molecule has 1 aliphatic rings. The van der Waals surface area contributed by atoms with Crippen molar-refractivity contribution >= 4 is 40.3 Å². The van der Waals surface area contributed by atoms with Gasteiger partial charge in [-0.15, -0.1) is 0 Å². The van der Waals surface area contributed by atoms with Gasteiger partial charge in [0.15, 0.2) is 5.76 Å². The lowest BCUT2D eigenvalue weighted by Gasteiger charge is -2.32. The molecule has 0 unspecified atom stereocenters. The van der Waals surface area contributed by atoms with E-state index < -0.39 is 29.6 Å². The van der Waals surface area contributed by atoms with Crippen molar-refractivity contribution in [2.45, 2.75) is 37.6 Å². The normalized spacial score (nSPS) is 14.7. The number of nitrogens with one attached hydrogen (secondary N) is 2. The summed E-state index contributed by atoms with van der Waals surface area (Å²) in [5.74, 6) is -1.47. The van der Waals surface area contributed by atoms with Crippen LogP contribution < -0.4 is 15.4 Å². The third-order valence-corrected chi connectivity index (χ3v) is 7.26. The molecule has 0 bridgehead atoms. The van der Waals surface area contributed by atoms with Crippen LogP contribution in [0, 0.1) is 0 Å². The zero-order valence-electron chi connectivity index (χ0n) is 23.1. The van der Waals surface area contributed by atoms with Gasteiger partial charge in [-0.1, -0.05) is 17.7 Å². The second kappa shape index (κ2) is 13.3. The van der Waals surface area contributed by atoms with Crippen molar-refractivity contribution in [2.75, 3.05) is 19.6 Å². The number of alkyl halides is 3. The molecule has 0 spiro atoms. The standard InChI is InChI=1S/C30H27ClF3N5O5/c31-20-5-6-24-18(13-20)14-25(44-24)29(42)38-23(15-21-3-1-2-10-35-21)28(41)37-17-27(40)39-11-8-22(9-12-39)43-26-7-4-19(16-36-26)30(32,33)34/h1-7,10,13-14,16,22-23H,8-9,11-12,15,17H2,(H,37,41)(H,38,42)/t23-/m0/s1. The molecule has 3 aromatic heterocycles. The number of ether oxygens (including phenoxy) is 1. The van der Waals surface area contributed by atoms with E-state index in [1.54, 1.807) is 47.5 Å². The van der Waals surface area contributed by atoms with Gasteiger partial charge in [0.25, 0.3) is 5.91 Å². The number of pyridine rings is 2. The number of hydrogen-bond donors (Lipinski definition) is 2. The van der Waals surface area contributed by atoms with Crippen LogP contribution in [0.1, 0.15) is 34.7 Å². The summed E-state index contributed by atoms with van der Waals surface area (Å²) in [5, 5.41) is 6.39. The fourth-order valence-electron chi connectivity index (χ4n) is 4.70. The summed E-state index contributed by atoms with van der Waals surface area (Å²) in [6.45, 7) is 0.344. The highest BCUT2D eigenvalue weighted by molar-refractivity contribution is 6.31. The zero-order valence-corrected chi connectivity index (χ0v) is 23.9. The van der Waals surface area contributed by atoms with E-state index in [1.807, 2.05) is 0 Å². The summed E-state index contributed by atoms with van der Waals surface area (Å²) < 4.78 is 49.6. The molecule has 230 valence electrons. The van der Waals surface area contributed by atoms with Crippen molar-refractivity contribution in [2.24, 2.45) is 0 Å². The number of rotatable bonds is 9. The minimum absolute atomic E-state index is 0.00579. The number of halogens is 4. The van der Waals surface area contributed by atoms with Gasteiger partial charge in [0, 0.05) is 66.9 Å². The Bertz CT molecular complexity index is 1620. The van der Waals surface area contributed by atoms with Gasteiger partial charge >= 0.3 is 6.18 Å². The summed E-state index contributed by atoms with van der Waals surface area (Å²) in [6, 6.07) is 12.7. The lowest BCUT2D eigenvalue weighted by Crippen LogP contribution is -2.51. The molecule has 3 amide bonds. The molecule has 10 nitrogen and oxygen atoms in total. The number of hydrogen-bond acceptors (Lipinski definition) is 7. The second-order valence-electron chi connectivity index (χ2n) is 10.1. The fraction of sp³-hybridized carbons (Fsp3) is 0.300. The van der Waals surface area contributed by atoms with Crippen LogP contribution in [0.4, 0.5) is 13.2 Å². The van der Waals surface area contributed by atoms with Crippen LogP contribution >= 0.6 is 11.6 Å². The SMILES string of the molecule is O=C(N[C@@H](Cc1ccccn1)C(=O)NCC(=O)N1CCC(Oc2ccc(C(F)(F)F)cn2)CC1)c1cc2cc(Cl)ccc2o1. The van der Waals surface area contributed by atoms with Gasteiger partial charge in [-0.05, 0) is 42.5 Å². The van der Waals surface area contributed by atoms with Crippen LogP contribution in [0.3, 0.4) is 0 Å². The molecule has 14 heteroatoms. The number of carbonyl (C=O) groups excluding carboxylic acids is 3. The van der Waals surface area contributed by atoms with Gasteiger partial charge in [0.05, 0.1) is 12.1 Å². The first-order chi connectivity index (χ1) is 21.0. The Kier molecular flexibility index (Phi) is 9.33. The highest BCUT2D eigenvalue weighted by atomic mass is 35.5. The number of piperidine rings is 1. The summed E-state index contributed by atoms with van der Waals surface area (Å²) in [7, 11) is 0. The molecule has 0 saturated carbocycles. The number of furan rings is 1. The summed E-state index contributed by atoms with van der Waals surface area (Å²) >= 11 is 6.02. The Hall–Kier alpha value is -4.65. The zero-order chi connectivity index (χ0) is 31.3. The monoisotopic (exact) mass is 629 g/mol. The molecule has 1 aliphatic heterocycles. The molecule has 1 saturated heterocycles. The molecule has 4 aromatic rings. The van der Waals surface area contributed by atoms with Gasteiger partial charge in [-0.25, -0.2) is 4.98 Å². The van der Waals surface area contributed by atoms with Crippen molar-refractivity contribution in [1.82, 2.24) is 25.5 Å². The van der Waals surface area contributed by atoms with Crippen molar-refractivity contribution in [3.05, 3.63) is 89.0 Å². The van der Waals surface area contributed by atoms with E-state index in [-0.39, 0.29) is 36.6 Å². The van der Waals surface area contributed by atoms with E-state index in [4.69, 9.17) is 20.8 Å². The van der Waals surface area contributed by atoms with E-state index in [9.17, 15) is 27.6 Å². The predicted molar refractivity (Wildman–Crippen MR) is 153 cm³/mol. The molecule has 1 fully saturated rings. The molecule has 5 rings (SSSR count). The van der Waals surface area contributed by atoms with Gasteiger partial charge in [-0.2, -0.15) is 13.2 Å². The van der Waals surface area contributed by atoms with Crippen molar-refractivity contribution in [3.63, 3.8) is 0 Å². The number of amides is 3. The van der Waals surface area contributed by atoms with Crippen LogP contribution in [-0.4, -0.2) is 64.4 Å². The van der Waals surface area contributed by atoms with Crippen LogP contribution in [-0.2, 0) is 22.2 Å². The number of benzene rings is 1. The van der Waals surface area contributed by atoms with Crippen molar-refractivity contribution < 1.29 is 36.7 Å². The number of fused-ring (bicyclic) bond motifs is 1. The smallest absolute Gasteiger partial charge is 0.417 e. The molecule has 44 heavy (non-hydrogen) atoms. The van der Waals surface area contributed by atoms with Gasteiger partial charge < -0.3 is 24.7 Å². The number of carbonyl (C=O) groups is 3. The Morgan fingerprint density at radius 3 is 2.55 bits per heavy atom. The third kappa shape index (κ3) is 7.84. The van der Waals surface area contributed by atoms with E-state index in [0.717, 1.165) is 6.07 Å². The number of aromatic nitrogens is 2. The van der Waals surface area contributed by atoms with Crippen molar-refractivity contribution in [1.29, 1.82) is 0 Å². The highest BCUT2D eigenvalue weighted by Gasteiger charge is 2.31. The molecular weight excluding hydrogens is 603 g/mol. The number of nitrogens with zero attached hydrogens (tertiary/aromatic N) is 3. The van der Waals surface area contributed by atoms with E-state index in [2.05, 4.69) is 20.6 Å². The average Bonchev–Trinajstić information content (AvgIpc) is 3.43. The first-order valence-electron chi connectivity index (χ1n) is 13.7. The Morgan fingerprint density at radius 2 is 1.86 bits per heavy atom. The van der Waals surface area contributed by atoms with E-state index >= 15 is 0 Å².